The van der Waals surface area contributed by atoms with Gasteiger partial charge in [-0.2, -0.15) is 0 Å². The van der Waals surface area contributed by atoms with Gasteiger partial charge in [0.2, 0.25) is 0 Å². The second-order valence-corrected chi connectivity index (χ2v) is 6.40. The summed E-state index contributed by atoms with van der Waals surface area (Å²) < 4.78 is 2.25. The van der Waals surface area contributed by atoms with Crippen molar-refractivity contribution in [2.75, 3.05) is 0 Å². The second-order valence-electron chi connectivity index (χ2n) is 6.40. The average molecular weight is 286 g/mol. The summed E-state index contributed by atoms with van der Waals surface area (Å²) in [5.41, 5.74) is 2.34. The largest absolute Gasteiger partial charge is 0.392 e. The third kappa shape index (κ3) is 2.48. The van der Waals surface area contributed by atoms with Crippen molar-refractivity contribution in [1.82, 2.24) is 9.55 Å². The number of hydrogen-bond donors (Lipinski definition) is 1. The van der Waals surface area contributed by atoms with E-state index < -0.39 is 0 Å². The van der Waals surface area contributed by atoms with E-state index in [0.29, 0.717) is 6.42 Å². The predicted octanol–water partition coefficient (Wildman–Crippen LogP) is 3.93. The molecule has 21 heavy (non-hydrogen) atoms. The van der Waals surface area contributed by atoms with Crippen LogP contribution in [0, 0.1) is 5.41 Å². The van der Waals surface area contributed by atoms with Gasteiger partial charge < -0.3 is 9.67 Å². The first-order valence-electron chi connectivity index (χ1n) is 8.32. The minimum absolute atomic E-state index is 0.122. The predicted molar refractivity (Wildman–Crippen MR) is 86.3 cm³/mol. The third-order valence-corrected chi connectivity index (χ3v) is 5.44. The van der Waals surface area contributed by atoms with Gasteiger partial charge in [-0.05, 0) is 43.7 Å². The molecule has 0 saturated heterocycles. The van der Waals surface area contributed by atoms with E-state index in [9.17, 15) is 5.11 Å². The van der Waals surface area contributed by atoms with Crippen molar-refractivity contribution in [3.8, 4) is 0 Å². The van der Waals surface area contributed by atoms with Crippen molar-refractivity contribution >= 4 is 11.0 Å². The SMILES string of the molecule is CCn1c(CC(O)C2(CC)CCCC2)nc2ccccc21. The molecular weight excluding hydrogens is 260 g/mol. The highest BCUT2D eigenvalue weighted by Gasteiger charge is 2.39. The topological polar surface area (TPSA) is 38.0 Å². The van der Waals surface area contributed by atoms with Crippen LogP contribution in [0.2, 0.25) is 0 Å². The molecule has 0 amide bonds. The Morgan fingerprint density at radius 3 is 2.62 bits per heavy atom. The molecule has 114 valence electrons. The molecule has 3 nitrogen and oxygen atoms in total. The molecule has 1 saturated carbocycles. The van der Waals surface area contributed by atoms with Crippen LogP contribution < -0.4 is 0 Å². The minimum Gasteiger partial charge on any atom is -0.392 e. The summed E-state index contributed by atoms with van der Waals surface area (Å²) in [5, 5.41) is 10.8. The highest BCUT2D eigenvalue weighted by molar-refractivity contribution is 5.75. The van der Waals surface area contributed by atoms with Gasteiger partial charge in [0.15, 0.2) is 0 Å². The minimum atomic E-state index is -0.271. The number of fused-ring (bicyclic) bond motifs is 1. The molecule has 1 heterocycles. The van der Waals surface area contributed by atoms with E-state index in [1.54, 1.807) is 0 Å². The number of hydrogen-bond acceptors (Lipinski definition) is 2. The van der Waals surface area contributed by atoms with Crippen molar-refractivity contribution in [3.05, 3.63) is 30.1 Å². The summed E-state index contributed by atoms with van der Waals surface area (Å²) in [4.78, 5) is 4.76. The lowest BCUT2D eigenvalue weighted by Gasteiger charge is -2.33. The summed E-state index contributed by atoms with van der Waals surface area (Å²) >= 11 is 0. The zero-order valence-corrected chi connectivity index (χ0v) is 13.2. The standard InChI is InChI=1S/C18H26N2O/c1-3-18(11-7-8-12-18)16(21)13-17-19-14-9-5-6-10-15(14)20(17)4-2/h5-6,9-10,16,21H,3-4,7-8,11-13H2,1-2H3. The number of aromatic nitrogens is 2. The molecule has 0 radical (unpaired) electrons. The van der Waals surface area contributed by atoms with Crippen LogP contribution in [-0.4, -0.2) is 20.8 Å². The number of para-hydroxylation sites is 2. The summed E-state index contributed by atoms with van der Waals surface area (Å²) in [6, 6.07) is 8.26. The molecule has 0 spiro atoms. The van der Waals surface area contributed by atoms with E-state index in [-0.39, 0.29) is 11.5 Å². The number of aliphatic hydroxyl groups is 1. The first-order valence-corrected chi connectivity index (χ1v) is 8.32. The van der Waals surface area contributed by atoms with Crippen LogP contribution in [0.1, 0.15) is 51.8 Å². The summed E-state index contributed by atoms with van der Waals surface area (Å²) in [6.07, 6.45) is 6.32. The Bertz CT molecular complexity index is 611. The lowest BCUT2D eigenvalue weighted by molar-refractivity contribution is 0.0238. The molecule has 0 bridgehead atoms. The molecule has 3 rings (SSSR count). The smallest absolute Gasteiger partial charge is 0.112 e. The number of nitrogens with zero attached hydrogens (tertiary/aromatic N) is 2. The van der Waals surface area contributed by atoms with Gasteiger partial charge in [-0.1, -0.05) is 31.9 Å². The van der Waals surface area contributed by atoms with Crippen molar-refractivity contribution in [1.29, 1.82) is 0 Å². The normalized spacial score (nSPS) is 19.2. The Hall–Kier alpha value is -1.35. The first-order chi connectivity index (χ1) is 10.2. The lowest BCUT2D eigenvalue weighted by Crippen LogP contribution is -2.34. The van der Waals surface area contributed by atoms with Crippen LogP contribution in [0.25, 0.3) is 11.0 Å². The van der Waals surface area contributed by atoms with Crippen LogP contribution >= 0.6 is 0 Å². The number of aryl methyl sites for hydroxylation is 1. The van der Waals surface area contributed by atoms with Gasteiger partial charge in [-0.25, -0.2) is 4.98 Å². The van der Waals surface area contributed by atoms with Gasteiger partial charge in [0.05, 0.1) is 17.1 Å². The number of imidazole rings is 1. The molecular formula is C18H26N2O. The summed E-state index contributed by atoms with van der Waals surface area (Å²) in [6.45, 7) is 5.27. The molecule has 1 fully saturated rings. The van der Waals surface area contributed by atoms with E-state index >= 15 is 0 Å². The molecule has 1 atom stereocenters. The number of benzene rings is 1. The third-order valence-electron chi connectivity index (χ3n) is 5.44. The molecule has 1 aliphatic carbocycles. The first kappa shape index (κ1) is 14.6. The molecule has 2 aromatic rings. The maximum absolute atomic E-state index is 10.8. The van der Waals surface area contributed by atoms with E-state index in [2.05, 4.69) is 36.6 Å². The Balaban J connectivity index is 1.90. The fourth-order valence-electron chi connectivity index (χ4n) is 4.03. The van der Waals surface area contributed by atoms with Crippen LogP contribution in [0.15, 0.2) is 24.3 Å². The van der Waals surface area contributed by atoms with E-state index in [1.807, 2.05) is 6.07 Å². The summed E-state index contributed by atoms with van der Waals surface area (Å²) in [5.74, 6) is 1.03. The highest BCUT2D eigenvalue weighted by Crippen LogP contribution is 2.44. The quantitative estimate of drug-likeness (QED) is 0.904. The molecule has 1 aromatic carbocycles. The zero-order chi connectivity index (χ0) is 14.9. The summed E-state index contributed by atoms with van der Waals surface area (Å²) in [7, 11) is 0. The van der Waals surface area contributed by atoms with Crippen molar-refractivity contribution < 1.29 is 5.11 Å². The van der Waals surface area contributed by atoms with E-state index in [1.165, 1.54) is 18.4 Å². The number of rotatable bonds is 5. The monoisotopic (exact) mass is 286 g/mol. The zero-order valence-electron chi connectivity index (χ0n) is 13.2. The molecule has 0 aliphatic heterocycles. The van der Waals surface area contributed by atoms with Crippen molar-refractivity contribution in [3.63, 3.8) is 0 Å². The van der Waals surface area contributed by atoms with Gasteiger partial charge in [0.1, 0.15) is 5.82 Å². The van der Waals surface area contributed by atoms with Crippen LogP contribution in [-0.2, 0) is 13.0 Å². The van der Waals surface area contributed by atoms with Crippen LogP contribution in [0.4, 0.5) is 0 Å². The maximum atomic E-state index is 10.8. The Labute approximate surface area is 127 Å². The average Bonchev–Trinajstić information content (AvgIpc) is 3.12. The van der Waals surface area contributed by atoms with Gasteiger partial charge in [-0.15, -0.1) is 0 Å². The van der Waals surface area contributed by atoms with Gasteiger partial charge >= 0.3 is 0 Å². The van der Waals surface area contributed by atoms with Gasteiger partial charge in [0, 0.05) is 13.0 Å². The highest BCUT2D eigenvalue weighted by atomic mass is 16.3. The fraction of sp³-hybridized carbons (Fsp3) is 0.611. The second kappa shape index (κ2) is 5.80. The lowest BCUT2D eigenvalue weighted by atomic mass is 9.76. The number of aliphatic hydroxyl groups excluding tert-OH is 1. The molecule has 1 aromatic heterocycles. The fourth-order valence-corrected chi connectivity index (χ4v) is 4.03. The maximum Gasteiger partial charge on any atom is 0.112 e. The van der Waals surface area contributed by atoms with Crippen molar-refractivity contribution in [2.45, 2.75) is 65.0 Å². The van der Waals surface area contributed by atoms with Crippen LogP contribution in [0.5, 0.6) is 0 Å². The van der Waals surface area contributed by atoms with Crippen molar-refractivity contribution in [2.24, 2.45) is 5.41 Å². The Morgan fingerprint density at radius 1 is 1.24 bits per heavy atom. The van der Waals surface area contributed by atoms with Gasteiger partial charge in [-0.3, -0.25) is 0 Å². The van der Waals surface area contributed by atoms with E-state index in [0.717, 1.165) is 37.1 Å². The Morgan fingerprint density at radius 2 is 1.95 bits per heavy atom. The Kier molecular flexibility index (Phi) is 4.03. The van der Waals surface area contributed by atoms with E-state index in [4.69, 9.17) is 4.98 Å². The molecule has 1 N–H and O–H groups in total. The van der Waals surface area contributed by atoms with Gasteiger partial charge in [0.25, 0.3) is 0 Å². The molecule has 1 aliphatic rings. The van der Waals surface area contributed by atoms with Crippen LogP contribution in [0.3, 0.4) is 0 Å². The molecule has 1 unspecified atom stereocenters. The molecule has 3 heteroatoms.